The molecule has 2 saturated heterocycles. The molecule has 0 spiro atoms. The fourth-order valence-corrected chi connectivity index (χ4v) is 4.87. The van der Waals surface area contributed by atoms with Crippen molar-refractivity contribution in [2.45, 2.75) is 31.3 Å². The number of likely N-dealkylation sites (N-methyl/N-ethyl adjacent to an activating group) is 1. The molecule has 2 atom stereocenters. The van der Waals surface area contributed by atoms with Crippen LogP contribution in [0.4, 0.5) is 14.5 Å². The molecule has 2 aliphatic heterocycles. The molecule has 1 aromatic carbocycles. The number of hydrogen-bond acceptors (Lipinski definition) is 4. The van der Waals surface area contributed by atoms with Crippen LogP contribution in [-0.2, 0) is 0 Å². The van der Waals surface area contributed by atoms with Crippen molar-refractivity contribution < 1.29 is 18.7 Å². The molecule has 3 fully saturated rings. The van der Waals surface area contributed by atoms with E-state index in [1.807, 2.05) is 7.05 Å². The normalized spacial score (nSPS) is 24.9. The Kier molecular flexibility index (Phi) is 3.78. The van der Waals surface area contributed by atoms with Gasteiger partial charge in [0.1, 0.15) is 17.1 Å². The lowest BCUT2D eigenvalue weighted by molar-refractivity contribution is 0.0695. The Labute approximate surface area is 160 Å². The van der Waals surface area contributed by atoms with Gasteiger partial charge in [0.15, 0.2) is 5.82 Å². The number of anilines is 1. The second kappa shape index (κ2) is 6.01. The zero-order chi connectivity index (χ0) is 19.7. The number of aromatic nitrogens is 1. The molecule has 2 unspecified atom stereocenters. The van der Waals surface area contributed by atoms with Crippen molar-refractivity contribution >= 4 is 22.6 Å². The predicted octanol–water partition coefficient (Wildman–Crippen LogP) is 2.45. The molecule has 28 heavy (non-hydrogen) atoms. The summed E-state index contributed by atoms with van der Waals surface area (Å²) < 4.78 is 32.1. The number of carboxylic acid groups (broad SMARTS) is 1. The minimum Gasteiger partial charge on any atom is -0.477 e. The SMILES string of the molecule is CN1CCC2CN(c3c(F)cc4c(=O)c(C(=O)O)cn(C5CC5)c4c3F)CC21. The molecule has 6 nitrogen and oxygen atoms in total. The summed E-state index contributed by atoms with van der Waals surface area (Å²) in [5, 5.41) is 9.11. The third-order valence-corrected chi connectivity index (χ3v) is 6.50. The van der Waals surface area contributed by atoms with Crippen molar-refractivity contribution in [1.29, 1.82) is 0 Å². The van der Waals surface area contributed by atoms with Crippen LogP contribution in [-0.4, -0.2) is 53.3 Å². The summed E-state index contributed by atoms with van der Waals surface area (Å²) in [6.07, 6.45) is 3.77. The number of halogens is 2. The molecular formula is C20H21F2N3O3. The monoisotopic (exact) mass is 389 g/mol. The largest absolute Gasteiger partial charge is 0.477 e. The van der Waals surface area contributed by atoms with Gasteiger partial charge >= 0.3 is 5.97 Å². The van der Waals surface area contributed by atoms with Crippen molar-refractivity contribution in [3.8, 4) is 0 Å². The molecule has 5 rings (SSSR count). The minimum absolute atomic E-state index is 0.0133. The molecule has 8 heteroatoms. The van der Waals surface area contributed by atoms with Crippen LogP contribution in [0.15, 0.2) is 17.1 Å². The van der Waals surface area contributed by atoms with Gasteiger partial charge in [0.25, 0.3) is 0 Å². The van der Waals surface area contributed by atoms with E-state index in [9.17, 15) is 19.1 Å². The van der Waals surface area contributed by atoms with Crippen LogP contribution in [0.25, 0.3) is 10.9 Å². The zero-order valence-corrected chi connectivity index (χ0v) is 15.5. The van der Waals surface area contributed by atoms with Crippen LogP contribution < -0.4 is 10.3 Å². The lowest BCUT2D eigenvalue weighted by Gasteiger charge is -2.24. The van der Waals surface area contributed by atoms with Crippen LogP contribution >= 0.6 is 0 Å². The van der Waals surface area contributed by atoms with Gasteiger partial charge in [0.2, 0.25) is 5.43 Å². The number of hydrogen-bond donors (Lipinski definition) is 1. The van der Waals surface area contributed by atoms with Gasteiger partial charge in [0, 0.05) is 31.4 Å². The Bertz CT molecular complexity index is 1060. The van der Waals surface area contributed by atoms with Crippen LogP contribution in [0.2, 0.25) is 0 Å². The summed E-state index contributed by atoms with van der Waals surface area (Å²) in [5.41, 5.74) is -1.39. The molecule has 1 aliphatic carbocycles. The minimum atomic E-state index is -1.39. The van der Waals surface area contributed by atoms with Gasteiger partial charge in [-0.05, 0) is 44.8 Å². The molecule has 3 aliphatic rings. The number of pyridine rings is 1. The Morgan fingerprint density at radius 3 is 2.61 bits per heavy atom. The number of aromatic carboxylic acids is 1. The second-order valence-corrected chi connectivity index (χ2v) is 8.23. The highest BCUT2D eigenvalue weighted by molar-refractivity contribution is 5.94. The zero-order valence-electron chi connectivity index (χ0n) is 15.5. The average Bonchev–Trinajstić information content (AvgIpc) is 3.31. The van der Waals surface area contributed by atoms with Crippen LogP contribution in [0.3, 0.4) is 0 Å². The van der Waals surface area contributed by atoms with E-state index in [4.69, 9.17) is 0 Å². The first kappa shape index (κ1) is 17.6. The molecule has 1 saturated carbocycles. The van der Waals surface area contributed by atoms with Crippen LogP contribution in [0, 0.1) is 17.6 Å². The average molecular weight is 389 g/mol. The Morgan fingerprint density at radius 1 is 1.21 bits per heavy atom. The molecule has 0 bridgehead atoms. The first-order chi connectivity index (χ1) is 13.4. The summed E-state index contributed by atoms with van der Waals surface area (Å²) >= 11 is 0. The summed E-state index contributed by atoms with van der Waals surface area (Å²) in [6.45, 7) is 2.11. The standard InChI is InChI=1S/C20H21F2N3O3/c1-23-5-4-10-7-24(9-15(10)23)18-14(21)6-12-17(16(18)22)25(11-2-3-11)8-13(19(12)26)20(27)28/h6,8,10-11,15H,2-5,7,9H2,1H3,(H,27,28). The maximum Gasteiger partial charge on any atom is 0.341 e. The van der Waals surface area contributed by atoms with Crippen molar-refractivity contribution in [2.75, 3.05) is 31.6 Å². The first-order valence-corrected chi connectivity index (χ1v) is 9.62. The van der Waals surface area contributed by atoms with E-state index in [2.05, 4.69) is 4.90 Å². The van der Waals surface area contributed by atoms with E-state index in [0.29, 0.717) is 19.0 Å². The Balaban J connectivity index is 1.70. The summed E-state index contributed by atoms with van der Waals surface area (Å²) in [5.74, 6) is -2.59. The maximum atomic E-state index is 15.6. The third-order valence-electron chi connectivity index (χ3n) is 6.50. The second-order valence-electron chi connectivity index (χ2n) is 8.23. The van der Waals surface area contributed by atoms with Gasteiger partial charge in [-0.3, -0.25) is 4.79 Å². The topological polar surface area (TPSA) is 65.8 Å². The highest BCUT2D eigenvalue weighted by Crippen LogP contribution is 2.41. The van der Waals surface area contributed by atoms with Gasteiger partial charge < -0.3 is 19.5 Å². The van der Waals surface area contributed by atoms with Gasteiger partial charge in [0.05, 0.1) is 10.9 Å². The highest BCUT2D eigenvalue weighted by Gasteiger charge is 2.41. The smallest absolute Gasteiger partial charge is 0.341 e. The molecule has 1 N–H and O–H groups in total. The van der Waals surface area contributed by atoms with Crippen molar-refractivity contribution in [3.63, 3.8) is 0 Å². The highest BCUT2D eigenvalue weighted by atomic mass is 19.1. The lowest BCUT2D eigenvalue weighted by Crippen LogP contribution is -2.32. The van der Waals surface area contributed by atoms with Gasteiger partial charge in [-0.25, -0.2) is 13.6 Å². The van der Waals surface area contributed by atoms with Crippen molar-refractivity contribution in [3.05, 3.63) is 39.7 Å². The summed E-state index contributed by atoms with van der Waals surface area (Å²) in [4.78, 5) is 28.0. The molecule has 2 aromatic rings. The van der Waals surface area contributed by atoms with Gasteiger partial charge in [-0.1, -0.05) is 0 Å². The van der Waals surface area contributed by atoms with E-state index >= 15 is 4.39 Å². The molecular weight excluding hydrogens is 368 g/mol. The number of carboxylic acids is 1. The number of likely N-dealkylation sites (tertiary alicyclic amines) is 1. The van der Waals surface area contributed by atoms with Crippen molar-refractivity contribution in [1.82, 2.24) is 9.47 Å². The van der Waals surface area contributed by atoms with E-state index in [1.165, 1.54) is 10.8 Å². The summed E-state index contributed by atoms with van der Waals surface area (Å²) in [6, 6.07) is 1.23. The van der Waals surface area contributed by atoms with E-state index in [-0.39, 0.29) is 28.7 Å². The van der Waals surface area contributed by atoms with Crippen molar-refractivity contribution in [2.24, 2.45) is 5.92 Å². The molecule has 3 heterocycles. The first-order valence-electron chi connectivity index (χ1n) is 9.62. The Morgan fingerprint density at radius 2 is 1.96 bits per heavy atom. The van der Waals surface area contributed by atoms with Crippen LogP contribution in [0.1, 0.15) is 35.7 Å². The summed E-state index contributed by atoms with van der Waals surface area (Å²) in [7, 11) is 2.03. The predicted molar refractivity (Wildman–Crippen MR) is 100 cm³/mol. The number of benzene rings is 1. The fourth-order valence-electron chi connectivity index (χ4n) is 4.87. The van der Waals surface area contributed by atoms with Gasteiger partial charge in [-0.2, -0.15) is 0 Å². The number of nitrogens with zero attached hydrogens (tertiary/aromatic N) is 3. The fraction of sp³-hybridized carbons (Fsp3) is 0.500. The third kappa shape index (κ3) is 2.47. The molecule has 0 radical (unpaired) electrons. The Hall–Kier alpha value is -2.48. The van der Waals surface area contributed by atoms with E-state index in [0.717, 1.165) is 31.9 Å². The molecule has 148 valence electrons. The number of fused-ring (bicyclic) bond motifs is 2. The van der Waals surface area contributed by atoms with Gasteiger partial charge in [-0.15, -0.1) is 0 Å². The van der Waals surface area contributed by atoms with E-state index < -0.39 is 28.6 Å². The molecule has 1 aromatic heterocycles. The molecule has 0 amide bonds. The van der Waals surface area contributed by atoms with Crippen LogP contribution in [0.5, 0.6) is 0 Å². The lowest BCUT2D eigenvalue weighted by atomic mass is 10.1. The quantitative estimate of drug-likeness (QED) is 0.874. The maximum absolute atomic E-state index is 15.6. The number of rotatable bonds is 3. The van der Waals surface area contributed by atoms with E-state index in [1.54, 1.807) is 4.90 Å². The number of carbonyl (C=O) groups is 1.